The minimum atomic E-state index is -3.97. The second kappa shape index (κ2) is 5.17. The Morgan fingerprint density at radius 3 is 2.78 bits per heavy atom. The summed E-state index contributed by atoms with van der Waals surface area (Å²) in [6.45, 7) is 2.72. The van der Waals surface area contributed by atoms with Crippen molar-refractivity contribution in [2.45, 2.75) is 24.7 Å². The molecule has 0 aromatic heterocycles. The van der Waals surface area contributed by atoms with Gasteiger partial charge < -0.3 is 19.1 Å². The molecule has 0 saturated carbocycles. The maximum atomic E-state index is 11.3. The van der Waals surface area contributed by atoms with Gasteiger partial charge in [0.2, 0.25) is 0 Å². The number of phosphoric acid groups is 1. The van der Waals surface area contributed by atoms with Gasteiger partial charge in [-0.2, -0.15) is 0 Å². The van der Waals surface area contributed by atoms with Gasteiger partial charge in [0.15, 0.2) is 0 Å². The van der Waals surface area contributed by atoms with Gasteiger partial charge in [0.25, 0.3) is 0 Å². The van der Waals surface area contributed by atoms with Gasteiger partial charge in [-0.15, -0.1) is 0 Å². The lowest BCUT2D eigenvalue weighted by Crippen LogP contribution is -2.43. The number of hydrogen-bond acceptors (Lipinski definition) is 6. The number of methoxy groups -OCH3 is 1. The van der Waals surface area contributed by atoms with Crippen LogP contribution in [-0.2, 0) is 27.8 Å². The largest absolute Gasteiger partial charge is 0.471 e. The summed E-state index contributed by atoms with van der Waals surface area (Å²) in [5.41, 5.74) is -0.591. The van der Waals surface area contributed by atoms with Gasteiger partial charge in [-0.3, -0.25) is 9.05 Å². The Labute approximate surface area is 106 Å². The van der Waals surface area contributed by atoms with E-state index in [1.807, 2.05) is 6.92 Å². The maximum Gasteiger partial charge on any atom is 0.471 e. The first-order valence-corrected chi connectivity index (χ1v) is 7.25. The molecule has 2 bridgehead atoms. The number of fused-ring (bicyclic) bond motifs is 2. The minimum Gasteiger partial charge on any atom is -0.382 e. The molecular formula is C10H19O7P. The summed E-state index contributed by atoms with van der Waals surface area (Å²) < 4.78 is 37.3. The molecule has 18 heavy (non-hydrogen) atoms. The third-order valence-electron chi connectivity index (χ3n) is 3.51. The molecule has 2 heterocycles. The molecule has 2 aliphatic heterocycles. The zero-order valence-corrected chi connectivity index (χ0v) is 11.6. The summed E-state index contributed by atoms with van der Waals surface area (Å²) in [5.74, 6) is -0.136. The van der Waals surface area contributed by atoms with E-state index in [1.54, 1.807) is 7.11 Å². The van der Waals surface area contributed by atoms with Gasteiger partial charge in [-0.1, -0.05) is 0 Å². The standard InChI is InChI=1S/C10H19O7P/c1-7-9-8(4-16-18(11,12)14-3)10(17-7,5-13-2)6-15-9/h7-9H,4-6H2,1-3H3,(H,11,12)/t7?,8-,9?,10+/m1/s1. The molecule has 0 spiro atoms. The Morgan fingerprint density at radius 1 is 1.50 bits per heavy atom. The van der Waals surface area contributed by atoms with Crippen LogP contribution in [0.5, 0.6) is 0 Å². The van der Waals surface area contributed by atoms with Crippen molar-refractivity contribution in [1.29, 1.82) is 0 Å². The normalized spacial score (nSPS) is 42.1. The van der Waals surface area contributed by atoms with Gasteiger partial charge in [0.05, 0.1) is 32.0 Å². The van der Waals surface area contributed by atoms with Crippen LogP contribution < -0.4 is 0 Å². The predicted octanol–water partition coefficient (Wildman–Crippen LogP) is 0.569. The van der Waals surface area contributed by atoms with Crippen molar-refractivity contribution in [2.75, 3.05) is 34.0 Å². The highest BCUT2D eigenvalue weighted by atomic mass is 31.2. The zero-order chi connectivity index (χ0) is 13.4. The minimum absolute atomic E-state index is 0.0417. The molecule has 7 nitrogen and oxygen atoms in total. The van der Waals surface area contributed by atoms with E-state index in [1.165, 1.54) is 0 Å². The van der Waals surface area contributed by atoms with Crippen LogP contribution in [0.25, 0.3) is 0 Å². The van der Waals surface area contributed by atoms with E-state index in [-0.39, 0.29) is 24.7 Å². The van der Waals surface area contributed by atoms with Crippen molar-refractivity contribution in [3.8, 4) is 0 Å². The van der Waals surface area contributed by atoms with E-state index in [0.29, 0.717) is 13.2 Å². The Bertz CT molecular complexity index is 349. The molecule has 0 radical (unpaired) electrons. The summed E-state index contributed by atoms with van der Waals surface area (Å²) in [5, 5.41) is 0. The summed E-state index contributed by atoms with van der Waals surface area (Å²) >= 11 is 0. The Morgan fingerprint density at radius 2 is 2.22 bits per heavy atom. The van der Waals surface area contributed by atoms with Crippen LogP contribution in [0.1, 0.15) is 6.92 Å². The molecule has 2 aliphatic rings. The smallest absolute Gasteiger partial charge is 0.382 e. The molecule has 8 heteroatoms. The van der Waals surface area contributed by atoms with Crippen molar-refractivity contribution in [1.82, 2.24) is 0 Å². The Balaban J connectivity index is 2.05. The number of rotatable bonds is 6. The lowest BCUT2D eigenvalue weighted by molar-refractivity contribution is -0.157. The van der Waals surface area contributed by atoms with Crippen molar-refractivity contribution in [3.05, 3.63) is 0 Å². The molecule has 0 aromatic rings. The third-order valence-corrected chi connectivity index (χ3v) is 4.45. The summed E-state index contributed by atoms with van der Waals surface area (Å²) in [4.78, 5) is 9.25. The highest BCUT2D eigenvalue weighted by Gasteiger charge is 2.60. The van der Waals surface area contributed by atoms with E-state index < -0.39 is 13.4 Å². The first-order chi connectivity index (χ1) is 8.44. The molecule has 0 aliphatic carbocycles. The molecule has 3 unspecified atom stereocenters. The van der Waals surface area contributed by atoms with Crippen LogP contribution in [0.3, 0.4) is 0 Å². The van der Waals surface area contributed by atoms with Crippen LogP contribution in [0.2, 0.25) is 0 Å². The second-order valence-electron chi connectivity index (χ2n) is 4.65. The SMILES string of the molecule is COC[C@@]12COC(C(C)O1)[C@H]2COP(=O)(O)OC. The third kappa shape index (κ3) is 2.49. The van der Waals surface area contributed by atoms with Crippen molar-refractivity contribution >= 4 is 7.82 Å². The van der Waals surface area contributed by atoms with Crippen LogP contribution in [-0.4, -0.2) is 56.7 Å². The van der Waals surface area contributed by atoms with E-state index in [0.717, 1.165) is 7.11 Å². The van der Waals surface area contributed by atoms with Crippen LogP contribution in [0, 0.1) is 5.92 Å². The fourth-order valence-corrected chi connectivity index (χ4v) is 3.14. The molecule has 1 N–H and O–H groups in total. The number of ether oxygens (including phenoxy) is 3. The van der Waals surface area contributed by atoms with E-state index in [2.05, 4.69) is 4.52 Å². The molecule has 2 rings (SSSR count). The first-order valence-electron chi connectivity index (χ1n) is 5.75. The average Bonchev–Trinajstić information content (AvgIpc) is 2.78. The fraction of sp³-hybridized carbons (Fsp3) is 1.00. The first kappa shape index (κ1) is 14.4. The quantitative estimate of drug-likeness (QED) is 0.713. The van der Waals surface area contributed by atoms with Gasteiger partial charge in [0.1, 0.15) is 5.60 Å². The highest BCUT2D eigenvalue weighted by molar-refractivity contribution is 7.47. The Kier molecular flexibility index (Phi) is 4.14. The molecule has 0 amide bonds. The van der Waals surface area contributed by atoms with E-state index in [4.69, 9.17) is 18.7 Å². The Hall–Kier alpha value is -0.0100. The molecule has 5 atom stereocenters. The zero-order valence-electron chi connectivity index (χ0n) is 10.7. The van der Waals surface area contributed by atoms with Crippen LogP contribution in [0.4, 0.5) is 0 Å². The monoisotopic (exact) mass is 282 g/mol. The van der Waals surface area contributed by atoms with E-state index in [9.17, 15) is 9.46 Å². The summed E-state index contributed by atoms with van der Waals surface area (Å²) in [6, 6.07) is 0. The van der Waals surface area contributed by atoms with Crippen molar-refractivity contribution < 1.29 is 32.7 Å². The molecule has 0 aromatic carbocycles. The van der Waals surface area contributed by atoms with Crippen LogP contribution in [0.15, 0.2) is 0 Å². The summed E-state index contributed by atoms with van der Waals surface area (Å²) in [7, 11) is -1.26. The number of phosphoric ester groups is 1. The second-order valence-corrected chi connectivity index (χ2v) is 6.21. The van der Waals surface area contributed by atoms with Gasteiger partial charge in [-0.05, 0) is 6.92 Å². The lowest BCUT2D eigenvalue weighted by Gasteiger charge is -2.30. The topological polar surface area (TPSA) is 83.5 Å². The molecule has 2 saturated heterocycles. The van der Waals surface area contributed by atoms with Gasteiger partial charge in [-0.25, -0.2) is 4.57 Å². The lowest BCUT2D eigenvalue weighted by atomic mass is 9.89. The van der Waals surface area contributed by atoms with E-state index >= 15 is 0 Å². The molecule has 106 valence electrons. The summed E-state index contributed by atoms with van der Waals surface area (Å²) in [6.07, 6.45) is -0.222. The number of hydrogen-bond donors (Lipinski definition) is 1. The molecular weight excluding hydrogens is 263 g/mol. The van der Waals surface area contributed by atoms with Crippen molar-refractivity contribution in [2.24, 2.45) is 5.92 Å². The van der Waals surface area contributed by atoms with Gasteiger partial charge in [0, 0.05) is 20.1 Å². The van der Waals surface area contributed by atoms with Crippen molar-refractivity contribution in [3.63, 3.8) is 0 Å². The van der Waals surface area contributed by atoms with Gasteiger partial charge >= 0.3 is 7.82 Å². The average molecular weight is 282 g/mol. The van der Waals surface area contributed by atoms with Crippen LogP contribution >= 0.6 is 7.82 Å². The predicted molar refractivity (Wildman–Crippen MR) is 61.2 cm³/mol. The fourth-order valence-electron chi connectivity index (χ4n) is 2.68. The maximum absolute atomic E-state index is 11.3. The highest BCUT2D eigenvalue weighted by Crippen LogP contribution is 2.49. The molecule has 2 fully saturated rings.